The van der Waals surface area contributed by atoms with Crippen LogP contribution in [0.5, 0.6) is 0 Å². The van der Waals surface area contributed by atoms with Crippen LogP contribution in [0.1, 0.15) is 33.6 Å². The van der Waals surface area contributed by atoms with Crippen LogP contribution in [0, 0.1) is 10.8 Å². The summed E-state index contributed by atoms with van der Waals surface area (Å²) in [5.74, 6) is 0. The number of aliphatic hydroxyl groups is 1. The second kappa shape index (κ2) is 1.72. The zero-order valence-corrected chi connectivity index (χ0v) is 6.57. The van der Waals surface area contributed by atoms with Crippen LogP contribution in [0.15, 0.2) is 0 Å². The van der Waals surface area contributed by atoms with Gasteiger partial charge in [0.2, 0.25) is 0 Å². The lowest BCUT2D eigenvalue weighted by molar-refractivity contribution is 0.176. The van der Waals surface area contributed by atoms with Crippen molar-refractivity contribution in [3.63, 3.8) is 0 Å². The monoisotopic (exact) mass is 128 g/mol. The minimum Gasteiger partial charge on any atom is -0.396 e. The van der Waals surface area contributed by atoms with Crippen molar-refractivity contribution in [2.75, 3.05) is 6.61 Å². The molecule has 0 aromatic heterocycles. The van der Waals surface area contributed by atoms with Crippen molar-refractivity contribution in [2.45, 2.75) is 33.6 Å². The quantitative estimate of drug-likeness (QED) is 0.601. The maximum absolute atomic E-state index is 8.99. The average Bonchev–Trinajstić information content (AvgIpc) is 2.35. The summed E-state index contributed by atoms with van der Waals surface area (Å²) < 4.78 is 0. The van der Waals surface area contributed by atoms with Crippen LogP contribution in [-0.4, -0.2) is 11.7 Å². The Morgan fingerprint density at radius 2 is 1.89 bits per heavy atom. The van der Waals surface area contributed by atoms with E-state index in [9.17, 15) is 0 Å². The van der Waals surface area contributed by atoms with Crippen LogP contribution >= 0.6 is 0 Å². The maximum atomic E-state index is 8.99. The van der Waals surface area contributed by atoms with Gasteiger partial charge in [-0.05, 0) is 23.7 Å². The molecule has 0 heterocycles. The van der Waals surface area contributed by atoms with Crippen molar-refractivity contribution in [3.8, 4) is 0 Å². The third-order valence-corrected chi connectivity index (χ3v) is 3.07. The zero-order valence-electron chi connectivity index (χ0n) is 6.57. The molecule has 0 radical (unpaired) electrons. The third-order valence-electron chi connectivity index (χ3n) is 3.07. The Morgan fingerprint density at radius 3 is 1.89 bits per heavy atom. The highest BCUT2D eigenvalue weighted by Crippen LogP contribution is 2.64. The standard InChI is InChI=1S/C8H16O/c1-4-8(6-9)5-7(8,2)3/h9H,4-6H2,1-3H3. The first-order valence-corrected chi connectivity index (χ1v) is 3.69. The van der Waals surface area contributed by atoms with E-state index >= 15 is 0 Å². The molecule has 0 aromatic carbocycles. The van der Waals surface area contributed by atoms with Crippen LogP contribution in [0.25, 0.3) is 0 Å². The molecule has 1 unspecified atom stereocenters. The van der Waals surface area contributed by atoms with Crippen molar-refractivity contribution in [1.82, 2.24) is 0 Å². The Bertz CT molecular complexity index is 112. The first kappa shape index (κ1) is 7.07. The molecule has 1 fully saturated rings. The van der Waals surface area contributed by atoms with Crippen LogP contribution < -0.4 is 0 Å². The first-order valence-electron chi connectivity index (χ1n) is 3.69. The summed E-state index contributed by atoms with van der Waals surface area (Å²) in [6, 6.07) is 0. The summed E-state index contributed by atoms with van der Waals surface area (Å²) in [4.78, 5) is 0. The molecule has 0 aliphatic heterocycles. The molecule has 1 atom stereocenters. The van der Waals surface area contributed by atoms with Gasteiger partial charge in [0, 0.05) is 6.61 Å². The fourth-order valence-electron chi connectivity index (χ4n) is 1.79. The fraction of sp³-hybridized carbons (Fsp3) is 1.00. The average molecular weight is 128 g/mol. The van der Waals surface area contributed by atoms with Crippen molar-refractivity contribution in [3.05, 3.63) is 0 Å². The lowest BCUT2D eigenvalue weighted by Crippen LogP contribution is -2.12. The Balaban J connectivity index is 2.57. The van der Waals surface area contributed by atoms with E-state index in [2.05, 4.69) is 20.8 Å². The topological polar surface area (TPSA) is 20.2 Å². The van der Waals surface area contributed by atoms with Gasteiger partial charge < -0.3 is 5.11 Å². The molecule has 1 aliphatic carbocycles. The van der Waals surface area contributed by atoms with Gasteiger partial charge in [0.05, 0.1) is 0 Å². The predicted octanol–water partition coefficient (Wildman–Crippen LogP) is 1.80. The Kier molecular flexibility index (Phi) is 1.35. The van der Waals surface area contributed by atoms with E-state index in [0.717, 1.165) is 6.42 Å². The van der Waals surface area contributed by atoms with Gasteiger partial charge in [-0.15, -0.1) is 0 Å². The largest absolute Gasteiger partial charge is 0.396 e. The van der Waals surface area contributed by atoms with Gasteiger partial charge >= 0.3 is 0 Å². The summed E-state index contributed by atoms with van der Waals surface area (Å²) in [5, 5.41) is 8.99. The Morgan fingerprint density at radius 1 is 1.44 bits per heavy atom. The minimum absolute atomic E-state index is 0.285. The van der Waals surface area contributed by atoms with E-state index in [0.29, 0.717) is 12.0 Å². The number of hydrogen-bond donors (Lipinski definition) is 1. The lowest BCUT2D eigenvalue weighted by Gasteiger charge is -2.13. The van der Waals surface area contributed by atoms with Gasteiger partial charge in [-0.25, -0.2) is 0 Å². The molecule has 1 rings (SSSR count). The molecule has 1 N–H and O–H groups in total. The second-order valence-electron chi connectivity index (χ2n) is 3.85. The summed E-state index contributed by atoms with van der Waals surface area (Å²) in [6.07, 6.45) is 2.32. The maximum Gasteiger partial charge on any atom is 0.0492 e. The Hall–Kier alpha value is -0.0400. The summed E-state index contributed by atoms with van der Waals surface area (Å²) >= 11 is 0. The first-order chi connectivity index (χ1) is 4.08. The fourth-order valence-corrected chi connectivity index (χ4v) is 1.79. The highest BCUT2D eigenvalue weighted by Gasteiger charge is 2.58. The number of aliphatic hydroxyl groups excluding tert-OH is 1. The van der Waals surface area contributed by atoms with Gasteiger partial charge in [-0.1, -0.05) is 20.8 Å². The molecule has 1 aliphatic rings. The second-order valence-corrected chi connectivity index (χ2v) is 3.85. The van der Waals surface area contributed by atoms with E-state index in [-0.39, 0.29) is 5.41 Å². The SMILES string of the molecule is CCC1(CO)CC1(C)C. The van der Waals surface area contributed by atoms with Gasteiger partial charge in [0.1, 0.15) is 0 Å². The molecule has 54 valence electrons. The van der Waals surface area contributed by atoms with Gasteiger partial charge in [-0.2, -0.15) is 0 Å². The van der Waals surface area contributed by atoms with Gasteiger partial charge in [-0.3, -0.25) is 0 Å². The van der Waals surface area contributed by atoms with Crippen molar-refractivity contribution >= 4 is 0 Å². The summed E-state index contributed by atoms with van der Waals surface area (Å²) in [5.41, 5.74) is 0.698. The zero-order chi connectivity index (χ0) is 7.12. The van der Waals surface area contributed by atoms with E-state index in [4.69, 9.17) is 5.11 Å². The highest BCUT2D eigenvalue weighted by atomic mass is 16.3. The van der Waals surface area contributed by atoms with Crippen molar-refractivity contribution < 1.29 is 5.11 Å². The van der Waals surface area contributed by atoms with Crippen LogP contribution in [0.2, 0.25) is 0 Å². The van der Waals surface area contributed by atoms with Crippen molar-refractivity contribution in [2.24, 2.45) is 10.8 Å². The lowest BCUT2D eigenvalue weighted by atomic mass is 9.94. The van der Waals surface area contributed by atoms with Gasteiger partial charge in [0.15, 0.2) is 0 Å². The van der Waals surface area contributed by atoms with Crippen molar-refractivity contribution in [1.29, 1.82) is 0 Å². The number of hydrogen-bond acceptors (Lipinski definition) is 1. The molecular weight excluding hydrogens is 112 g/mol. The normalized spacial score (nSPS) is 38.7. The molecule has 0 saturated heterocycles. The molecule has 0 spiro atoms. The molecular formula is C8H16O. The summed E-state index contributed by atoms with van der Waals surface area (Å²) in [7, 11) is 0. The van der Waals surface area contributed by atoms with Crippen LogP contribution in [0.4, 0.5) is 0 Å². The van der Waals surface area contributed by atoms with E-state index < -0.39 is 0 Å². The summed E-state index contributed by atoms with van der Waals surface area (Å²) in [6.45, 7) is 6.99. The van der Waals surface area contributed by atoms with Crippen LogP contribution in [0.3, 0.4) is 0 Å². The molecule has 0 bridgehead atoms. The third kappa shape index (κ3) is 0.787. The smallest absolute Gasteiger partial charge is 0.0492 e. The van der Waals surface area contributed by atoms with E-state index in [1.54, 1.807) is 0 Å². The highest BCUT2D eigenvalue weighted by molar-refractivity contribution is 5.08. The molecule has 0 aromatic rings. The number of rotatable bonds is 2. The molecule has 9 heavy (non-hydrogen) atoms. The molecule has 1 heteroatoms. The molecule has 1 nitrogen and oxygen atoms in total. The molecule has 0 amide bonds. The van der Waals surface area contributed by atoms with E-state index in [1.807, 2.05) is 0 Å². The predicted molar refractivity (Wildman–Crippen MR) is 38.2 cm³/mol. The molecule has 1 saturated carbocycles. The van der Waals surface area contributed by atoms with E-state index in [1.165, 1.54) is 6.42 Å². The minimum atomic E-state index is 0.285. The van der Waals surface area contributed by atoms with Gasteiger partial charge in [0.25, 0.3) is 0 Å². The van der Waals surface area contributed by atoms with Crippen LogP contribution in [-0.2, 0) is 0 Å². The Labute approximate surface area is 57.1 Å².